The summed E-state index contributed by atoms with van der Waals surface area (Å²) in [4.78, 5) is 47.4. The number of hydrogen-bond acceptors (Lipinski definition) is 7. The maximum absolute atomic E-state index is 13.0. The van der Waals surface area contributed by atoms with Crippen LogP contribution in [0, 0.1) is 16.0 Å². The molecule has 0 aliphatic carbocycles. The highest BCUT2D eigenvalue weighted by Crippen LogP contribution is 2.27. The number of nitrogens with zero attached hydrogens (tertiary/aromatic N) is 1. The topological polar surface area (TPSA) is 149 Å². The minimum absolute atomic E-state index is 0.0209. The summed E-state index contributed by atoms with van der Waals surface area (Å²) in [5, 5.41) is 18.8. The van der Waals surface area contributed by atoms with Crippen molar-refractivity contribution in [2.75, 3.05) is 25.6 Å². The smallest absolute Gasteiger partial charge is 0.406 e. The summed E-state index contributed by atoms with van der Waals surface area (Å²) in [6, 6.07) is 7.06. The molecule has 0 unspecified atom stereocenters. The van der Waals surface area contributed by atoms with Gasteiger partial charge >= 0.3 is 6.09 Å². The number of non-ortho nitro benzene ring substituents is 1. The fourth-order valence-corrected chi connectivity index (χ4v) is 3.27. The van der Waals surface area contributed by atoms with Gasteiger partial charge in [-0.05, 0) is 30.2 Å². The van der Waals surface area contributed by atoms with Crippen molar-refractivity contribution in [1.29, 1.82) is 0 Å². The van der Waals surface area contributed by atoms with Gasteiger partial charge in [0.05, 0.1) is 34.9 Å². The van der Waals surface area contributed by atoms with Gasteiger partial charge in [-0.1, -0.05) is 37.0 Å². The molecular weight excluding hydrogens is 503 g/mol. The third kappa shape index (κ3) is 8.01. The molecule has 2 aromatic carbocycles. The molecule has 0 saturated carbocycles. The van der Waals surface area contributed by atoms with E-state index in [2.05, 4.69) is 20.7 Å². The van der Waals surface area contributed by atoms with Crippen molar-refractivity contribution in [2.24, 2.45) is 5.92 Å². The minimum atomic E-state index is -0.985. The van der Waals surface area contributed by atoms with Crippen LogP contribution in [-0.2, 0) is 9.53 Å². The highest BCUT2D eigenvalue weighted by molar-refractivity contribution is 6.34. The molecule has 11 nitrogen and oxygen atoms in total. The van der Waals surface area contributed by atoms with E-state index in [1.807, 2.05) is 0 Å². The third-order valence-electron chi connectivity index (χ3n) is 4.66. The number of nitro benzene ring substituents is 1. The molecule has 0 bridgehead atoms. The number of carbonyl (C=O) groups is 3. The van der Waals surface area contributed by atoms with Gasteiger partial charge in [0.2, 0.25) is 5.91 Å². The van der Waals surface area contributed by atoms with Gasteiger partial charge in [-0.3, -0.25) is 19.7 Å². The highest BCUT2D eigenvalue weighted by Gasteiger charge is 2.27. The van der Waals surface area contributed by atoms with Gasteiger partial charge in [0.25, 0.3) is 11.6 Å². The van der Waals surface area contributed by atoms with Crippen LogP contribution in [0.3, 0.4) is 0 Å². The summed E-state index contributed by atoms with van der Waals surface area (Å²) >= 11 is 12.1. The van der Waals surface area contributed by atoms with Gasteiger partial charge in [-0.2, -0.15) is 0 Å². The lowest BCUT2D eigenvalue weighted by molar-refractivity contribution is -0.384. The van der Waals surface area contributed by atoms with Crippen LogP contribution in [-0.4, -0.2) is 49.1 Å². The average Bonchev–Trinajstić information content (AvgIpc) is 2.81. The van der Waals surface area contributed by atoms with E-state index in [0.717, 1.165) is 6.07 Å². The Morgan fingerprint density at radius 2 is 1.83 bits per heavy atom. The number of benzene rings is 2. The van der Waals surface area contributed by atoms with Crippen molar-refractivity contribution in [3.8, 4) is 5.75 Å². The summed E-state index contributed by atoms with van der Waals surface area (Å²) < 4.78 is 10.1. The van der Waals surface area contributed by atoms with Crippen LogP contribution in [0.1, 0.15) is 24.2 Å². The van der Waals surface area contributed by atoms with E-state index in [9.17, 15) is 24.5 Å². The quantitative estimate of drug-likeness (QED) is 0.240. The maximum atomic E-state index is 13.0. The molecule has 0 heterocycles. The van der Waals surface area contributed by atoms with E-state index < -0.39 is 28.9 Å². The number of alkyl carbamates (subject to hydrolysis) is 1. The molecule has 0 spiro atoms. The van der Waals surface area contributed by atoms with E-state index in [1.165, 1.54) is 37.4 Å². The van der Waals surface area contributed by atoms with E-state index >= 15 is 0 Å². The van der Waals surface area contributed by atoms with Gasteiger partial charge in [-0.25, -0.2) is 4.79 Å². The van der Waals surface area contributed by atoms with Crippen LogP contribution in [0.5, 0.6) is 5.75 Å². The first-order chi connectivity index (χ1) is 16.5. The summed E-state index contributed by atoms with van der Waals surface area (Å²) in [6.07, 6.45) is -0.624. The van der Waals surface area contributed by atoms with Crippen LogP contribution < -0.4 is 20.7 Å². The number of rotatable bonds is 10. The first-order valence-electron chi connectivity index (χ1n) is 10.3. The predicted octanol–water partition coefficient (Wildman–Crippen LogP) is 4.03. The second-order valence-electron chi connectivity index (χ2n) is 7.51. The summed E-state index contributed by atoms with van der Waals surface area (Å²) in [5.41, 5.74) is 0.0198. The van der Waals surface area contributed by atoms with Crippen LogP contribution in [0.2, 0.25) is 10.0 Å². The summed E-state index contributed by atoms with van der Waals surface area (Å²) in [5.74, 6) is -1.33. The van der Waals surface area contributed by atoms with Crippen molar-refractivity contribution in [3.63, 3.8) is 0 Å². The largest absolute Gasteiger partial charge is 0.491 e. The number of nitro groups is 1. The van der Waals surface area contributed by atoms with Crippen molar-refractivity contribution in [1.82, 2.24) is 10.6 Å². The fourth-order valence-electron chi connectivity index (χ4n) is 2.88. The lowest BCUT2D eigenvalue weighted by Crippen LogP contribution is -2.47. The molecule has 1 atom stereocenters. The van der Waals surface area contributed by atoms with Crippen LogP contribution in [0.15, 0.2) is 36.4 Å². The van der Waals surface area contributed by atoms with Crippen molar-refractivity contribution in [2.45, 2.75) is 19.9 Å². The lowest BCUT2D eigenvalue weighted by atomic mass is 10.0. The van der Waals surface area contributed by atoms with Crippen molar-refractivity contribution < 1.29 is 28.8 Å². The molecule has 3 N–H and O–H groups in total. The van der Waals surface area contributed by atoms with Crippen LogP contribution in [0.4, 0.5) is 16.2 Å². The van der Waals surface area contributed by atoms with Gasteiger partial charge in [-0.15, -0.1) is 0 Å². The number of halogens is 2. The Balaban J connectivity index is 2.15. The zero-order valence-corrected chi connectivity index (χ0v) is 20.6. The number of hydrogen-bond donors (Lipinski definition) is 3. The van der Waals surface area contributed by atoms with E-state index in [4.69, 9.17) is 27.9 Å². The molecule has 35 heavy (non-hydrogen) atoms. The van der Waals surface area contributed by atoms with E-state index in [-0.39, 0.29) is 51.8 Å². The van der Waals surface area contributed by atoms with Crippen LogP contribution >= 0.6 is 23.2 Å². The molecule has 2 rings (SSSR count). The molecule has 0 aliphatic rings. The predicted molar refractivity (Wildman–Crippen MR) is 130 cm³/mol. The second kappa shape index (κ2) is 12.8. The molecule has 0 aliphatic heterocycles. The Morgan fingerprint density at radius 1 is 1.11 bits per heavy atom. The Hall–Kier alpha value is -3.57. The van der Waals surface area contributed by atoms with E-state index in [0.29, 0.717) is 0 Å². The molecule has 0 radical (unpaired) electrons. The third-order valence-corrected chi connectivity index (χ3v) is 5.21. The summed E-state index contributed by atoms with van der Waals surface area (Å²) in [7, 11) is 1.23. The molecule has 0 saturated heterocycles. The monoisotopic (exact) mass is 526 g/mol. The van der Waals surface area contributed by atoms with Gasteiger partial charge in [0.15, 0.2) is 0 Å². The Morgan fingerprint density at radius 3 is 2.43 bits per heavy atom. The maximum Gasteiger partial charge on any atom is 0.406 e. The number of methoxy groups -OCH3 is 1. The van der Waals surface area contributed by atoms with Gasteiger partial charge < -0.3 is 25.4 Å². The first-order valence-corrected chi connectivity index (χ1v) is 11.1. The Labute approximate surface area is 211 Å². The lowest BCUT2D eigenvalue weighted by Gasteiger charge is -2.23. The number of ether oxygens (including phenoxy) is 2. The molecule has 0 fully saturated rings. The highest BCUT2D eigenvalue weighted by atomic mass is 35.5. The van der Waals surface area contributed by atoms with Crippen LogP contribution in [0.25, 0.3) is 0 Å². The summed E-state index contributed by atoms with van der Waals surface area (Å²) in [6.45, 7) is 3.64. The number of carbonyl (C=O) groups excluding carboxylic acids is 3. The van der Waals surface area contributed by atoms with Gasteiger partial charge in [0, 0.05) is 17.2 Å². The zero-order valence-electron chi connectivity index (χ0n) is 19.1. The normalized spacial score (nSPS) is 11.4. The molecule has 2 aromatic rings. The van der Waals surface area contributed by atoms with Crippen molar-refractivity contribution >= 4 is 52.5 Å². The Bertz CT molecular complexity index is 1110. The second-order valence-corrected chi connectivity index (χ2v) is 8.36. The van der Waals surface area contributed by atoms with E-state index in [1.54, 1.807) is 13.8 Å². The molecule has 3 amide bonds. The number of amides is 3. The molecule has 0 aromatic heterocycles. The van der Waals surface area contributed by atoms with Gasteiger partial charge in [0.1, 0.15) is 18.4 Å². The SMILES string of the molecule is COC(=O)NCCOc1ccc(Cl)cc1C(=O)N[C@H](C(=O)Nc1ccc([N+](=O)[O-])cc1Cl)C(C)C. The average molecular weight is 527 g/mol. The zero-order chi connectivity index (χ0) is 26.1. The molecule has 188 valence electrons. The molecular formula is C22H24Cl2N4O7. The number of nitrogens with one attached hydrogen (secondary N) is 3. The van der Waals surface area contributed by atoms with Crippen molar-refractivity contribution in [3.05, 3.63) is 62.1 Å². The fraction of sp³-hybridized carbons (Fsp3) is 0.318. The number of anilines is 1. The minimum Gasteiger partial charge on any atom is -0.491 e. The molecule has 13 heteroatoms. The standard InChI is InChI=1S/C22H24Cl2N4O7/c1-12(2)19(21(30)26-17-6-5-14(28(32)33)11-16(17)24)27-20(29)15-10-13(23)4-7-18(15)35-9-8-25-22(31)34-3/h4-7,10-12,19H,8-9H2,1-3H3,(H,25,31)(H,26,30)(H,27,29)/t19-/m0/s1. The Kier molecular flexibility index (Phi) is 10.1. The first kappa shape index (κ1) is 27.7.